The molecular weight excluding hydrogens is 162 g/mol. The van der Waals surface area contributed by atoms with Gasteiger partial charge in [-0.1, -0.05) is 0 Å². The fraction of sp³-hybridized carbons (Fsp3) is 0.909. The highest BCUT2D eigenvalue weighted by Crippen LogP contribution is 2.36. The van der Waals surface area contributed by atoms with Gasteiger partial charge in [0.25, 0.3) is 0 Å². The van der Waals surface area contributed by atoms with E-state index in [1.54, 1.807) is 0 Å². The second kappa shape index (κ2) is 3.41. The van der Waals surface area contributed by atoms with Crippen molar-refractivity contribution in [3.8, 4) is 0 Å². The number of nitrogens with zero attached hydrogens (tertiary/aromatic N) is 1. The maximum Gasteiger partial charge on any atom is 0.123 e. The molecule has 0 bridgehead atoms. The second-order valence-electron chi connectivity index (χ2n) is 4.74. The lowest BCUT2D eigenvalue weighted by Gasteiger charge is -2.41. The van der Waals surface area contributed by atoms with E-state index in [1.807, 2.05) is 0 Å². The van der Waals surface area contributed by atoms with Crippen molar-refractivity contribution in [3.05, 3.63) is 0 Å². The summed E-state index contributed by atoms with van der Waals surface area (Å²) in [7, 11) is 0. The molecule has 0 amide bonds. The number of likely N-dealkylation sites (tertiary alicyclic amines) is 1. The minimum atomic E-state index is 0.319. The molecule has 0 radical (unpaired) electrons. The smallest absolute Gasteiger partial charge is 0.123 e. The molecule has 0 N–H and O–H groups in total. The lowest BCUT2D eigenvalue weighted by molar-refractivity contribution is -0.113. The fourth-order valence-electron chi connectivity index (χ4n) is 2.85. The topological polar surface area (TPSA) is 20.3 Å². The van der Waals surface area contributed by atoms with Gasteiger partial charge < -0.3 is 4.79 Å². The molecule has 1 heterocycles. The standard InChI is InChI=1S/C11H19NO/c1-8-5-10(7-13)6-9(2)12(8)11-3-4-11/h7-11H,3-6H2,1-2H3/t8-,9+,10?. The Bertz CT molecular complexity index is 188. The highest BCUT2D eigenvalue weighted by molar-refractivity contribution is 5.53. The summed E-state index contributed by atoms with van der Waals surface area (Å²) in [6.45, 7) is 4.54. The first-order valence-corrected chi connectivity index (χ1v) is 5.45. The molecule has 3 atom stereocenters. The molecule has 0 aromatic carbocycles. The van der Waals surface area contributed by atoms with Gasteiger partial charge >= 0.3 is 0 Å². The SMILES string of the molecule is C[C@@H]1CC(C=O)C[C@H](C)N1C1CC1. The molecule has 74 valence electrons. The van der Waals surface area contributed by atoms with Gasteiger partial charge in [-0.2, -0.15) is 0 Å². The summed E-state index contributed by atoms with van der Waals surface area (Å²) in [6, 6.07) is 2.08. The van der Waals surface area contributed by atoms with Gasteiger partial charge in [-0.15, -0.1) is 0 Å². The van der Waals surface area contributed by atoms with Crippen LogP contribution in [0.1, 0.15) is 39.5 Å². The van der Waals surface area contributed by atoms with E-state index in [4.69, 9.17) is 0 Å². The van der Waals surface area contributed by atoms with Gasteiger partial charge in [0, 0.05) is 24.0 Å². The van der Waals surface area contributed by atoms with Gasteiger partial charge in [0.15, 0.2) is 0 Å². The quantitative estimate of drug-likeness (QED) is 0.606. The van der Waals surface area contributed by atoms with E-state index in [1.165, 1.54) is 12.8 Å². The number of aldehydes is 1. The molecule has 13 heavy (non-hydrogen) atoms. The molecule has 0 aromatic heterocycles. The maximum absolute atomic E-state index is 10.7. The number of carbonyl (C=O) groups is 1. The average molecular weight is 181 g/mol. The lowest BCUT2D eigenvalue weighted by atomic mass is 9.88. The molecule has 2 heteroatoms. The third-order valence-corrected chi connectivity index (χ3v) is 3.47. The van der Waals surface area contributed by atoms with Crippen LogP contribution in [0.4, 0.5) is 0 Å². The molecule has 2 aliphatic rings. The van der Waals surface area contributed by atoms with E-state index in [0.29, 0.717) is 18.0 Å². The minimum Gasteiger partial charge on any atom is -0.303 e. The zero-order valence-electron chi connectivity index (χ0n) is 8.57. The van der Waals surface area contributed by atoms with Gasteiger partial charge in [0.05, 0.1) is 0 Å². The molecule has 1 aliphatic carbocycles. The average Bonchev–Trinajstić information content (AvgIpc) is 2.87. The fourth-order valence-corrected chi connectivity index (χ4v) is 2.85. The number of hydrogen-bond acceptors (Lipinski definition) is 2. The zero-order valence-corrected chi connectivity index (χ0v) is 8.57. The normalized spacial score (nSPS) is 41.8. The van der Waals surface area contributed by atoms with Crippen LogP contribution in [0.5, 0.6) is 0 Å². The predicted octanol–water partition coefficient (Wildman–Crippen LogP) is 1.84. The van der Waals surface area contributed by atoms with E-state index in [-0.39, 0.29) is 0 Å². The first kappa shape index (κ1) is 9.20. The van der Waals surface area contributed by atoms with Crippen LogP contribution in [0, 0.1) is 5.92 Å². The first-order chi connectivity index (χ1) is 6.22. The molecular formula is C11H19NO. The summed E-state index contributed by atoms with van der Waals surface area (Å²) in [5.74, 6) is 0.319. The molecule has 1 saturated carbocycles. The third kappa shape index (κ3) is 1.78. The van der Waals surface area contributed by atoms with Gasteiger partial charge in [0.1, 0.15) is 6.29 Å². The van der Waals surface area contributed by atoms with Crippen molar-refractivity contribution in [2.75, 3.05) is 0 Å². The summed E-state index contributed by atoms with van der Waals surface area (Å²) in [4.78, 5) is 13.3. The van der Waals surface area contributed by atoms with Crippen molar-refractivity contribution >= 4 is 6.29 Å². The zero-order chi connectivity index (χ0) is 9.42. The van der Waals surface area contributed by atoms with Crippen LogP contribution in [0.2, 0.25) is 0 Å². The minimum absolute atomic E-state index is 0.319. The van der Waals surface area contributed by atoms with E-state index in [2.05, 4.69) is 18.7 Å². The Labute approximate surface area is 80.3 Å². The Hall–Kier alpha value is -0.370. The maximum atomic E-state index is 10.7. The molecule has 1 unspecified atom stereocenters. The van der Waals surface area contributed by atoms with E-state index < -0.39 is 0 Å². The highest BCUT2D eigenvalue weighted by atomic mass is 16.1. The van der Waals surface area contributed by atoms with Crippen LogP contribution in [0.25, 0.3) is 0 Å². The number of piperidine rings is 1. The van der Waals surface area contributed by atoms with Crippen molar-refractivity contribution < 1.29 is 4.79 Å². The van der Waals surface area contributed by atoms with Gasteiger partial charge in [-0.05, 0) is 39.5 Å². The number of carbonyl (C=O) groups excluding carboxylic acids is 1. The van der Waals surface area contributed by atoms with Crippen molar-refractivity contribution in [3.63, 3.8) is 0 Å². The van der Waals surface area contributed by atoms with Crippen molar-refractivity contribution in [1.82, 2.24) is 4.90 Å². The highest BCUT2D eigenvalue weighted by Gasteiger charge is 2.39. The number of rotatable bonds is 2. The Kier molecular flexibility index (Phi) is 2.41. The second-order valence-corrected chi connectivity index (χ2v) is 4.74. The summed E-state index contributed by atoms with van der Waals surface area (Å²) < 4.78 is 0. The molecule has 2 fully saturated rings. The third-order valence-electron chi connectivity index (χ3n) is 3.47. The molecule has 2 rings (SSSR count). The Morgan fingerprint density at radius 1 is 1.15 bits per heavy atom. The van der Waals surface area contributed by atoms with Gasteiger partial charge in [0.2, 0.25) is 0 Å². The molecule has 1 saturated heterocycles. The Balaban J connectivity index is 2.00. The Morgan fingerprint density at radius 3 is 2.08 bits per heavy atom. The van der Waals surface area contributed by atoms with Crippen LogP contribution >= 0.6 is 0 Å². The van der Waals surface area contributed by atoms with Crippen LogP contribution in [0.15, 0.2) is 0 Å². The van der Waals surface area contributed by atoms with Crippen LogP contribution in [-0.2, 0) is 4.79 Å². The van der Waals surface area contributed by atoms with Crippen LogP contribution < -0.4 is 0 Å². The lowest BCUT2D eigenvalue weighted by Crippen LogP contribution is -2.48. The van der Waals surface area contributed by atoms with E-state index in [9.17, 15) is 4.79 Å². The first-order valence-electron chi connectivity index (χ1n) is 5.45. The summed E-state index contributed by atoms with van der Waals surface area (Å²) in [5.41, 5.74) is 0. The predicted molar refractivity (Wildman–Crippen MR) is 52.6 cm³/mol. The van der Waals surface area contributed by atoms with E-state index >= 15 is 0 Å². The van der Waals surface area contributed by atoms with E-state index in [0.717, 1.165) is 25.2 Å². The molecule has 0 spiro atoms. The number of hydrogen-bond donors (Lipinski definition) is 0. The van der Waals surface area contributed by atoms with Crippen molar-refractivity contribution in [1.29, 1.82) is 0 Å². The summed E-state index contributed by atoms with van der Waals surface area (Å²) >= 11 is 0. The monoisotopic (exact) mass is 181 g/mol. The molecule has 0 aromatic rings. The largest absolute Gasteiger partial charge is 0.303 e. The summed E-state index contributed by atoms with van der Waals surface area (Å²) in [6.07, 6.45) is 6.05. The van der Waals surface area contributed by atoms with Crippen molar-refractivity contribution in [2.24, 2.45) is 5.92 Å². The van der Waals surface area contributed by atoms with Crippen LogP contribution in [-0.4, -0.2) is 29.3 Å². The summed E-state index contributed by atoms with van der Waals surface area (Å²) in [5, 5.41) is 0. The van der Waals surface area contributed by atoms with Crippen molar-refractivity contribution in [2.45, 2.75) is 57.7 Å². The van der Waals surface area contributed by atoms with Gasteiger partial charge in [-0.25, -0.2) is 0 Å². The van der Waals surface area contributed by atoms with Crippen LogP contribution in [0.3, 0.4) is 0 Å². The molecule has 1 aliphatic heterocycles. The Morgan fingerprint density at radius 2 is 1.69 bits per heavy atom. The molecule has 2 nitrogen and oxygen atoms in total. The van der Waals surface area contributed by atoms with Gasteiger partial charge in [-0.3, -0.25) is 4.90 Å².